The van der Waals surface area contributed by atoms with Gasteiger partial charge in [-0.3, -0.25) is 9.59 Å². The van der Waals surface area contributed by atoms with Crippen LogP contribution in [-0.2, 0) is 22.4 Å². The second-order valence-electron chi connectivity index (χ2n) is 6.08. The Kier molecular flexibility index (Phi) is 6.55. The zero-order valence-electron chi connectivity index (χ0n) is 13.8. The van der Waals surface area contributed by atoms with Crippen molar-refractivity contribution in [2.45, 2.75) is 32.2 Å². The lowest BCUT2D eigenvalue weighted by Gasteiger charge is -2.18. The summed E-state index contributed by atoms with van der Waals surface area (Å²) in [5.74, 6) is -1.12. The quantitative estimate of drug-likeness (QED) is 0.784. The molecule has 0 radical (unpaired) electrons. The molecule has 0 bridgehead atoms. The summed E-state index contributed by atoms with van der Waals surface area (Å²) in [7, 11) is 0. The van der Waals surface area contributed by atoms with E-state index in [2.05, 4.69) is 29.6 Å². The van der Waals surface area contributed by atoms with Crippen molar-refractivity contribution in [1.29, 1.82) is 0 Å². The standard InChI is InChI=1S/C20H23NO3/c1-15(20(23)24)21-19(22)14-18(12-16-8-4-2-5-9-16)13-17-10-6-3-7-11-17/h2-11,15,18H,12-14H2,1H3,(H,21,22)(H,23,24). The number of carbonyl (C=O) groups is 2. The smallest absolute Gasteiger partial charge is 0.325 e. The van der Waals surface area contributed by atoms with Gasteiger partial charge in [0, 0.05) is 6.42 Å². The van der Waals surface area contributed by atoms with E-state index >= 15 is 0 Å². The van der Waals surface area contributed by atoms with Gasteiger partial charge < -0.3 is 10.4 Å². The Hall–Kier alpha value is -2.62. The van der Waals surface area contributed by atoms with E-state index in [1.165, 1.54) is 18.1 Å². The predicted octanol–water partition coefficient (Wildman–Crippen LogP) is 3.07. The molecule has 0 spiro atoms. The molecule has 0 heterocycles. The van der Waals surface area contributed by atoms with Crippen LogP contribution in [0.4, 0.5) is 0 Å². The third-order valence-electron chi connectivity index (χ3n) is 3.96. The largest absolute Gasteiger partial charge is 0.480 e. The number of hydrogen-bond acceptors (Lipinski definition) is 2. The van der Waals surface area contributed by atoms with E-state index in [-0.39, 0.29) is 11.8 Å². The highest BCUT2D eigenvalue weighted by Crippen LogP contribution is 2.18. The molecule has 2 rings (SSSR count). The van der Waals surface area contributed by atoms with Crippen LogP contribution in [0.5, 0.6) is 0 Å². The lowest BCUT2D eigenvalue weighted by molar-refractivity contribution is -0.141. The Morgan fingerprint density at radius 2 is 1.38 bits per heavy atom. The normalized spacial score (nSPS) is 11.9. The van der Waals surface area contributed by atoms with Gasteiger partial charge in [0.1, 0.15) is 6.04 Å². The van der Waals surface area contributed by atoms with Crippen LogP contribution in [0.25, 0.3) is 0 Å². The Morgan fingerprint density at radius 3 is 1.79 bits per heavy atom. The summed E-state index contributed by atoms with van der Waals surface area (Å²) in [5.41, 5.74) is 2.36. The molecular weight excluding hydrogens is 302 g/mol. The molecule has 0 fully saturated rings. The van der Waals surface area contributed by atoms with Gasteiger partial charge in [-0.05, 0) is 36.8 Å². The fourth-order valence-electron chi connectivity index (χ4n) is 2.74. The number of rotatable bonds is 8. The van der Waals surface area contributed by atoms with Gasteiger partial charge in [-0.15, -0.1) is 0 Å². The second kappa shape index (κ2) is 8.87. The van der Waals surface area contributed by atoms with E-state index in [0.717, 1.165) is 12.8 Å². The van der Waals surface area contributed by atoms with E-state index in [4.69, 9.17) is 5.11 Å². The lowest BCUT2D eigenvalue weighted by Crippen LogP contribution is -2.39. The van der Waals surface area contributed by atoms with E-state index in [1.54, 1.807) is 0 Å². The van der Waals surface area contributed by atoms with Crippen LogP contribution in [0.2, 0.25) is 0 Å². The van der Waals surface area contributed by atoms with Crippen molar-refractivity contribution in [3.8, 4) is 0 Å². The SMILES string of the molecule is CC(NC(=O)CC(Cc1ccccc1)Cc1ccccc1)C(=O)O. The van der Waals surface area contributed by atoms with Crippen molar-refractivity contribution in [1.82, 2.24) is 5.32 Å². The Bertz CT molecular complexity index is 614. The highest BCUT2D eigenvalue weighted by molar-refractivity contribution is 5.83. The molecule has 0 aromatic heterocycles. The summed E-state index contributed by atoms with van der Waals surface area (Å²) in [6.07, 6.45) is 1.87. The second-order valence-corrected chi connectivity index (χ2v) is 6.08. The molecule has 0 aliphatic carbocycles. The molecular formula is C20H23NO3. The van der Waals surface area contributed by atoms with Gasteiger partial charge in [0.25, 0.3) is 0 Å². The van der Waals surface area contributed by atoms with Gasteiger partial charge in [-0.25, -0.2) is 0 Å². The summed E-state index contributed by atoms with van der Waals surface area (Å²) in [6, 6.07) is 19.2. The number of nitrogens with one attached hydrogen (secondary N) is 1. The van der Waals surface area contributed by atoms with E-state index in [1.807, 2.05) is 36.4 Å². The van der Waals surface area contributed by atoms with Crippen LogP contribution in [0.1, 0.15) is 24.5 Å². The topological polar surface area (TPSA) is 66.4 Å². The maximum atomic E-state index is 12.2. The molecule has 0 aliphatic heterocycles. The van der Waals surface area contributed by atoms with Crippen LogP contribution in [0, 0.1) is 5.92 Å². The number of carbonyl (C=O) groups excluding carboxylic acids is 1. The number of carboxylic acids is 1. The van der Waals surface area contributed by atoms with E-state index in [9.17, 15) is 9.59 Å². The van der Waals surface area contributed by atoms with Gasteiger partial charge in [0.15, 0.2) is 0 Å². The molecule has 2 aromatic carbocycles. The predicted molar refractivity (Wildman–Crippen MR) is 93.6 cm³/mol. The average molecular weight is 325 g/mol. The molecule has 1 unspecified atom stereocenters. The van der Waals surface area contributed by atoms with Gasteiger partial charge >= 0.3 is 5.97 Å². The molecule has 0 saturated carbocycles. The van der Waals surface area contributed by atoms with Crippen molar-refractivity contribution in [3.63, 3.8) is 0 Å². The third-order valence-corrected chi connectivity index (χ3v) is 3.96. The van der Waals surface area contributed by atoms with Crippen LogP contribution >= 0.6 is 0 Å². The molecule has 4 nitrogen and oxygen atoms in total. The van der Waals surface area contributed by atoms with Gasteiger partial charge in [-0.2, -0.15) is 0 Å². The van der Waals surface area contributed by atoms with Crippen molar-refractivity contribution < 1.29 is 14.7 Å². The number of benzene rings is 2. The van der Waals surface area contributed by atoms with Crippen LogP contribution in [-0.4, -0.2) is 23.0 Å². The molecule has 1 atom stereocenters. The minimum atomic E-state index is -1.02. The first kappa shape index (κ1) is 17.7. The number of aliphatic carboxylic acids is 1. The number of carboxylic acid groups (broad SMARTS) is 1. The van der Waals surface area contributed by atoms with Crippen LogP contribution in [0.15, 0.2) is 60.7 Å². The number of amides is 1. The minimum absolute atomic E-state index is 0.121. The molecule has 0 saturated heterocycles. The van der Waals surface area contributed by atoms with E-state index in [0.29, 0.717) is 6.42 Å². The highest BCUT2D eigenvalue weighted by Gasteiger charge is 2.19. The summed E-state index contributed by atoms with van der Waals surface area (Å²) in [4.78, 5) is 23.1. The molecule has 24 heavy (non-hydrogen) atoms. The van der Waals surface area contributed by atoms with Crippen molar-refractivity contribution in [3.05, 3.63) is 71.8 Å². The van der Waals surface area contributed by atoms with Gasteiger partial charge in [0.05, 0.1) is 0 Å². The molecule has 4 heteroatoms. The molecule has 0 aliphatic rings. The van der Waals surface area contributed by atoms with Gasteiger partial charge in [-0.1, -0.05) is 60.7 Å². The molecule has 2 N–H and O–H groups in total. The monoisotopic (exact) mass is 325 g/mol. The zero-order valence-corrected chi connectivity index (χ0v) is 13.8. The Morgan fingerprint density at radius 1 is 0.917 bits per heavy atom. The fraction of sp³-hybridized carbons (Fsp3) is 0.300. The summed E-state index contributed by atoms with van der Waals surface area (Å²) in [6.45, 7) is 1.48. The van der Waals surface area contributed by atoms with Crippen LogP contribution < -0.4 is 5.32 Å². The minimum Gasteiger partial charge on any atom is -0.480 e. The average Bonchev–Trinajstić information content (AvgIpc) is 2.56. The van der Waals surface area contributed by atoms with E-state index < -0.39 is 12.0 Å². The summed E-state index contributed by atoms with van der Waals surface area (Å²) >= 11 is 0. The maximum absolute atomic E-state index is 12.2. The fourth-order valence-corrected chi connectivity index (χ4v) is 2.74. The van der Waals surface area contributed by atoms with Crippen LogP contribution in [0.3, 0.4) is 0 Å². The summed E-state index contributed by atoms with van der Waals surface area (Å²) in [5, 5.41) is 11.5. The zero-order chi connectivity index (χ0) is 17.4. The molecule has 126 valence electrons. The Balaban J connectivity index is 2.04. The van der Waals surface area contributed by atoms with Crippen molar-refractivity contribution in [2.75, 3.05) is 0 Å². The van der Waals surface area contributed by atoms with Crippen molar-refractivity contribution >= 4 is 11.9 Å². The third kappa shape index (κ3) is 5.88. The summed E-state index contributed by atoms with van der Waals surface area (Å²) < 4.78 is 0. The maximum Gasteiger partial charge on any atom is 0.325 e. The first-order valence-electron chi connectivity index (χ1n) is 8.14. The lowest BCUT2D eigenvalue weighted by atomic mass is 9.89. The highest BCUT2D eigenvalue weighted by atomic mass is 16.4. The van der Waals surface area contributed by atoms with Crippen molar-refractivity contribution in [2.24, 2.45) is 5.92 Å². The first-order valence-corrected chi connectivity index (χ1v) is 8.14. The van der Waals surface area contributed by atoms with Gasteiger partial charge in [0.2, 0.25) is 5.91 Å². The molecule has 2 aromatic rings. The molecule has 1 amide bonds. The Labute approximate surface area is 142 Å². The first-order chi connectivity index (χ1) is 11.5. The number of hydrogen-bond donors (Lipinski definition) is 2.